The van der Waals surface area contributed by atoms with Gasteiger partial charge in [0.05, 0.1) is 11.7 Å². The molecule has 0 aliphatic heterocycles. The molecule has 0 aliphatic carbocycles. The first kappa shape index (κ1) is 15.4. The third-order valence-corrected chi connectivity index (χ3v) is 3.44. The van der Waals surface area contributed by atoms with Gasteiger partial charge in [-0.15, -0.1) is 0 Å². The van der Waals surface area contributed by atoms with Crippen molar-refractivity contribution < 1.29 is 4.79 Å². The highest BCUT2D eigenvalue weighted by Gasteiger charge is 2.14. The summed E-state index contributed by atoms with van der Waals surface area (Å²) in [5.74, 6) is 0. The highest BCUT2D eigenvalue weighted by molar-refractivity contribution is 6.30. The summed E-state index contributed by atoms with van der Waals surface area (Å²) >= 11 is 5.89. The van der Waals surface area contributed by atoms with E-state index >= 15 is 0 Å². The van der Waals surface area contributed by atoms with Crippen molar-refractivity contribution >= 4 is 23.3 Å². The number of nitrogens with one attached hydrogen (secondary N) is 2. The Morgan fingerprint density at radius 2 is 2.24 bits per heavy atom. The van der Waals surface area contributed by atoms with Crippen molar-refractivity contribution in [2.24, 2.45) is 0 Å². The van der Waals surface area contributed by atoms with Crippen LogP contribution in [0.2, 0.25) is 5.02 Å². The van der Waals surface area contributed by atoms with Gasteiger partial charge in [-0.05, 0) is 39.0 Å². The van der Waals surface area contributed by atoms with Crippen molar-refractivity contribution in [1.82, 2.24) is 15.1 Å². The van der Waals surface area contributed by atoms with Crippen LogP contribution in [-0.4, -0.2) is 15.8 Å². The molecule has 1 unspecified atom stereocenters. The van der Waals surface area contributed by atoms with Gasteiger partial charge in [-0.1, -0.05) is 17.7 Å². The number of halogens is 1. The summed E-state index contributed by atoms with van der Waals surface area (Å²) in [6.07, 6.45) is 1.96. The van der Waals surface area contributed by atoms with E-state index in [2.05, 4.69) is 15.7 Å². The van der Waals surface area contributed by atoms with Crippen molar-refractivity contribution in [2.45, 2.75) is 33.4 Å². The second-order valence-corrected chi connectivity index (χ2v) is 5.29. The van der Waals surface area contributed by atoms with Crippen LogP contribution in [0.4, 0.5) is 10.5 Å². The van der Waals surface area contributed by atoms with E-state index in [4.69, 9.17) is 11.6 Å². The SMILES string of the molecule is CCn1cc(C(C)NC(=O)Nc2cccc(Cl)c2)c(C)n1. The molecule has 1 aromatic carbocycles. The molecule has 0 spiro atoms. The number of aromatic nitrogens is 2. The minimum atomic E-state index is -0.270. The first-order valence-electron chi connectivity index (χ1n) is 6.86. The number of hydrogen-bond acceptors (Lipinski definition) is 2. The van der Waals surface area contributed by atoms with Gasteiger partial charge in [0.2, 0.25) is 0 Å². The van der Waals surface area contributed by atoms with Crippen LogP contribution in [0.1, 0.15) is 31.1 Å². The van der Waals surface area contributed by atoms with Crippen LogP contribution >= 0.6 is 11.6 Å². The second kappa shape index (κ2) is 6.63. The minimum absolute atomic E-state index is 0.121. The number of carbonyl (C=O) groups is 1. The predicted octanol–water partition coefficient (Wildman–Crippen LogP) is 3.75. The lowest BCUT2D eigenvalue weighted by atomic mass is 10.1. The number of hydrogen-bond donors (Lipinski definition) is 2. The third kappa shape index (κ3) is 3.98. The Balaban J connectivity index is 2.00. The molecule has 0 fully saturated rings. The molecule has 0 saturated carbocycles. The third-order valence-electron chi connectivity index (χ3n) is 3.20. The number of nitrogens with zero attached hydrogens (tertiary/aromatic N) is 2. The first-order chi connectivity index (χ1) is 9.99. The zero-order valence-corrected chi connectivity index (χ0v) is 13.1. The summed E-state index contributed by atoms with van der Waals surface area (Å²) in [5.41, 5.74) is 2.60. The van der Waals surface area contributed by atoms with Gasteiger partial charge in [0.1, 0.15) is 0 Å². The van der Waals surface area contributed by atoms with Crippen LogP contribution in [0.25, 0.3) is 0 Å². The van der Waals surface area contributed by atoms with Crippen LogP contribution in [0, 0.1) is 6.92 Å². The molecule has 0 radical (unpaired) electrons. The van der Waals surface area contributed by atoms with E-state index in [1.54, 1.807) is 24.3 Å². The van der Waals surface area contributed by atoms with Gasteiger partial charge in [0, 0.05) is 29.0 Å². The molecule has 1 heterocycles. The number of benzene rings is 1. The molecule has 112 valence electrons. The number of carbonyl (C=O) groups excluding carboxylic acids is 1. The first-order valence-corrected chi connectivity index (χ1v) is 7.24. The Morgan fingerprint density at radius 1 is 1.48 bits per heavy atom. The molecule has 5 nitrogen and oxygen atoms in total. The Morgan fingerprint density at radius 3 is 2.86 bits per heavy atom. The van der Waals surface area contributed by atoms with E-state index in [1.807, 2.05) is 31.6 Å². The molecule has 21 heavy (non-hydrogen) atoms. The normalized spacial score (nSPS) is 12.0. The average Bonchev–Trinajstić information content (AvgIpc) is 2.80. The zero-order chi connectivity index (χ0) is 15.4. The fourth-order valence-electron chi connectivity index (χ4n) is 2.13. The van der Waals surface area contributed by atoms with Crippen LogP contribution in [-0.2, 0) is 6.54 Å². The van der Waals surface area contributed by atoms with Crippen molar-refractivity contribution in [3.8, 4) is 0 Å². The van der Waals surface area contributed by atoms with Crippen LogP contribution in [0.3, 0.4) is 0 Å². The van der Waals surface area contributed by atoms with E-state index in [-0.39, 0.29) is 12.1 Å². The maximum Gasteiger partial charge on any atom is 0.319 e. The number of aryl methyl sites for hydroxylation is 2. The van der Waals surface area contributed by atoms with E-state index < -0.39 is 0 Å². The molecular formula is C15H19ClN4O. The molecule has 2 N–H and O–H groups in total. The predicted molar refractivity (Wildman–Crippen MR) is 84.7 cm³/mol. The van der Waals surface area contributed by atoms with E-state index in [1.165, 1.54) is 0 Å². The highest BCUT2D eigenvalue weighted by atomic mass is 35.5. The van der Waals surface area contributed by atoms with Crippen LogP contribution < -0.4 is 10.6 Å². The summed E-state index contributed by atoms with van der Waals surface area (Å²) < 4.78 is 1.86. The summed E-state index contributed by atoms with van der Waals surface area (Å²) in [5, 5.41) is 10.6. The van der Waals surface area contributed by atoms with Crippen LogP contribution in [0.5, 0.6) is 0 Å². The van der Waals surface area contributed by atoms with Gasteiger partial charge < -0.3 is 10.6 Å². The molecule has 2 amide bonds. The smallest absolute Gasteiger partial charge is 0.319 e. The number of rotatable bonds is 4. The second-order valence-electron chi connectivity index (χ2n) is 4.86. The van der Waals surface area contributed by atoms with Gasteiger partial charge >= 0.3 is 6.03 Å². The lowest BCUT2D eigenvalue weighted by Crippen LogP contribution is -2.31. The molecular weight excluding hydrogens is 288 g/mol. The van der Waals surface area contributed by atoms with Crippen molar-refractivity contribution in [3.05, 3.63) is 46.7 Å². The quantitative estimate of drug-likeness (QED) is 0.904. The maximum atomic E-state index is 12.0. The molecule has 1 atom stereocenters. The van der Waals surface area contributed by atoms with E-state index in [0.29, 0.717) is 10.7 Å². The Labute approximate surface area is 129 Å². The highest BCUT2D eigenvalue weighted by Crippen LogP contribution is 2.17. The summed E-state index contributed by atoms with van der Waals surface area (Å²) in [6.45, 7) is 6.71. The number of anilines is 1. The van der Waals surface area contributed by atoms with Gasteiger partial charge in [0.15, 0.2) is 0 Å². The average molecular weight is 307 g/mol. The molecule has 6 heteroatoms. The molecule has 2 aromatic rings. The topological polar surface area (TPSA) is 59.0 Å². The fraction of sp³-hybridized carbons (Fsp3) is 0.333. The van der Waals surface area contributed by atoms with E-state index in [9.17, 15) is 4.79 Å². The standard InChI is InChI=1S/C15H19ClN4O/c1-4-20-9-14(11(3)19-20)10(2)17-15(21)18-13-7-5-6-12(16)8-13/h5-10H,4H2,1-3H3,(H2,17,18,21). The van der Waals surface area contributed by atoms with Crippen molar-refractivity contribution in [1.29, 1.82) is 0 Å². The summed E-state index contributed by atoms with van der Waals surface area (Å²) in [7, 11) is 0. The summed E-state index contributed by atoms with van der Waals surface area (Å²) in [6, 6.07) is 6.65. The molecule has 0 aliphatic rings. The van der Waals surface area contributed by atoms with Gasteiger partial charge in [0.25, 0.3) is 0 Å². The monoisotopic (exact) mass is 306 g/mol. The van der Waals surface area contributed by atoms with Crippen molar-refractivity contribution in [2.75, 3.05) is 5.32 Å². The molecule has 2 rings (SSSR count). The number of amides is 2. The molecule has 0 bridgehead atoms. The van der Waals surface area contributed by atoms with Gasteiger partial charge in [-0.3, -0.25) is 4.68 Å². The lowest BCUT2D eigenvalue weighted by Gasteiger charge is -2.14. The van der Waals surface area contributed by atoms with Crippen LogP contribution in [0.15, 0.2) is 30.5 Å². The van der Waals surface area contributed by atoms with Gasteiger partial charge in [-0.25, -0.2) is 4.79 Å². The zero-order valence-electron chi connectivity index (χ0n) is 12.4. The van der Waals surface area contributed by atoms with Gasteiger partial charge in [-0.2, -0.15) is 5.10 Å². The Bertz CT molecular complexity index is 638. The maximum absolute atomic E-state index is 12.0. The van der Waals surface area contributed by atoms with E-state index in [0.717, 1.165) is 17.8 Å². The summed E-state index contributed by atoms with van der Waals surface area (Å²) in [4.78, 5) is 12.0. The molecule has 0 saturated heterocycles. The fourth-order valence-corrected chi connectivity index (χ4v) is 2.32. The minimum Gasteiger partial charge on any atom is -0.331 e. The lowest BCUT2D eigenvalue weighted by molar-refractivity contribution is 0.249. The largest absolute Gasteiger partial charge is 0.331 e. The molecule has 1 aromatic heterocycles. The Kier molecular flexibility index (Phi) is 4.85. The van der Waals surface area contributed by atoms with Crippen molar-refractivity contribution in [3.63, 3.8) is 0 Å². The Hall–Kier alpha value is -2.01. The number of urea groups is 1.